The maximum atomic E-state index is 13.1. The van der Waals surface area contributed by atoms with Gasteiger partial charge in [-0.1, -0.05) is 26.5 Å². The normalized spacial score (nSPS) is 42.5. The Labute approximate surface area is 179 Å². The van der Waals surface area contributed by atoms with Crippen LogP contribution in [0.5, 0.6) is 0 Å². The molecule has 3 fully saturated rings. The van der Waals surface area contributed by atoms with Gasteiger partial charge in [0.05, 0.1) is 12.2 Å². The van der Waals surface area contributed by atoms with Gasteiger partial charge in [-0.05, 0) is 45.4 Å². The number of esters is 2. The number of Topliss-reactive ketones (excluding diaryl/α,β-unsaturated/α-hetero) is 1. The predicted molar refractivity (Wildman–Crippen MR) is 112 cm³/mol. The molecule has 0 radical (unpaired) electrons. The van der Waals surface area contributed by atoms with Gasteiger partial charge in [-0.2, -0.15) is 0 Å². The summed E-state index contributed by atoms with van der Waals surface area (Å²) in [7, 11) is 0. The average molecular weight is 421 g/mol. The third kappa shape index (κ3) is 3.51. The van der Waals surface area contributed by atoms with E-state index in [1.165, 1.54) is 13.8 Å². The van der Waals surface area contributed by atoms with Crippen LogP contribution < -0.4 is 0 Å². The van der Waals surface area contributed by atoms with E-state index in [1.807, 2.05) is 0 Å². The number of rotatable bonds is 4. The van der Waals surface area contributed by atoms with Crippen molar-refractivity contribution in [2.45, 2.75) is 91.0 Å². The van der Waals surface area contributed by atoms with E-state index in [0.29, 0.717) is 19.3 Å². The number of ether oxygens (including phenoxy) is 3. The first-order valence-corrected chi connectivity index (χ1v) is 11.0. The van der Waals surface area contributed by atoms with Crippen LogP contribution in [0.15, 0.2) is 12.7 Å². The van der Waals surface area contributed by atoms with Crippen molar-refractivity contribution in [2.75, 3.05) is 6.61 Å². The highest BCUT2D eigenvalue weighted by Crippen LogP contribution is 2.65. The van der Waals surface area contributed by atoms with Crippen LogP contribution in [0.25, 0.3) is 0 Å². The Bertz CT molecular complexity index is 757. The molecule has 0 aromatic rings. The van der Waals surface area contributed by atoms with E-state index in [-0.39, 0.29) is 47.7 Å². The Morgan fingerprint density at radius 3 is 2.33 bits per heavy atom. The Morgan fingerprint density at radius 1 is 1.10 bits per heavy atom. The zero-order valence-corrected chi connectivity index (χ0v) is 19.2. The quantitative estimate of drug-likeness (QED) is 0.505. The molecule has 0 amide bonds. The highest BCUT2D eigenvalue weighted by Gasteiger charge is 2.67. The Kier molecular flexibility index (Phi) is 5.72. The zero-order chi connectivity index (χ0) is 22.5. The predicted octanol–water partition coefficient (Wildman–Crippen LogP) is 4.01. The highest BCUT2D eigenvalue weighted by atomic mass is 16.5. The number of carbonyl (C=O) groups is 3. The van der Waals surface area contributed by atoms with Gasteiger partial charge in [-0.15, -0.1) is 0 Å². The standard InChI is InChI=1S/C24H36O6/c1-8-22(6)19(27)13-18-23(7,30-22)11-9-17-21(4,5)20(29-16(3)26)10-12-24(17,18)14-28-15(2)25/h8,17-18,20H,1,9-14H2,2-7H3/t17-,18-,20-,22+,23+,24+/m1/s1. The molecule has 1 saturated heterocycles. The summed E-state index contributed by atoms with van der Waals surface area (Å²) in [4.78, 5) is 36.6. The molecule has 6 heteroatoms. The number of carbonyl (C=O) groups excluding carboxylic acids is 3. The first-order valence-electron chi connectivity index (χ1n) is 11.0. The molecule has 0 bridgehead atoms. The second-order valence-corrected chi connectivity index (χ2v) is 10.5. The van der Waals surface area contributed by atoms with Gasteiger partial charge >= 0.3 is 11.9 Å². The Balaban J connectivity index is 2.05. The summed E-state index contributed by atoms with van der Waals surface area (Å²) < 4.78 is 17.8. The van der Waals surface area contributed by atoms with Crippen molar-refractivity contribution in [1.29, 1.82) is 0 Å². The summed E-state index contributed by atoms with van der Waals surface area (Å²) in [5, 5.41) is 0. The maximum Gasteiger partial charge on any atom is 0.302 e. The van der Waals surface area contributed by atoms with E-state index in [0.717, 1.165) is 12.8 Å². The molecule has 1 aliphatic heterocycles. The molecule has 6 atom stereocenters. The lowest BCUT2D eigenvalue weighted by Crippen LogP contribution is -2.68. The van der Waals surface area contributed by atoms with E-state index in [1.54, 1.807) is 13.0 Å². The van der Waals surface area contributed by atoms with E-state index in [2.05, 4.69) is 27.4 Å². The van der Waals surface area contributed by atoms with Crippen molar-refractivity contribution in [1.82, 2.24) is 0 Å². The number of hydrogen-bond donors (Lipinski definition) is 0. The van der Waals surface area contributed by atoms with Crippen LogP contribution >= 0.6 is 0 Å². The van der Waals surface area contributed by atoms with Gasteiger partial charge in [-0.25, -0.2) is 0 Å². The summed E-state index contributed by atoms with van der Waals surface area (Å²) in [5.41, 5.74) is -2.23. The fraction of sp³-hybridized carbons (Fsp3) is 0.792. The van der Waals surface area contributed by atoms with Crippen LogP contribution in [0.4, 0.5) is 0 Å². The third-order valence-electron chi connectivity index (χ3n) is 8.28. The van der Waals surface area contributed by atoms with Crippen molar-refractivity contribution in [3.05, 3.63) is 12.7 Å². The van der Waals surface area contributed by atoms with Gasteiger partial charge in [-0.3, -0.25) is 14.4 Å². The molecule has 2 aliphatic carbocycles. The molecule has 0 aromatic heterocycles. The van der Waals surface area contributed by atoms with Crippen molar-refractivity contribution >= 4 is 17.7 Å². The average Bonchev–Trinajstić information content (AvgIpc) is 2.63. The van der Waals surface area contributed by atoms with E-state index in [4.69, 9.17) is 14.2 Å². The second kappa shape index (κ2) is 7.47. The summed E-state index contributed by atoms with van der Waals surface area (Å²) in [5.74, 6) is -0.539. The minimum absolute atomic E-state index is 0.0164. The molecule has 3 aliphatic rings. The van der Waals surface area contributed by atoms with Gasteiger partial charge in [0.25, 0.3) is 0 Å². The number of hydrogen-bond acceptors (Lipinski definition) is 6. The van der Waals surface area contributed by atoms with Crippen LogP contribution in [0, 0.1) is 22.7 Å². The van der Waals surface area contributed by atoms with Gasteiger partial charge < -0.3 is 14.2 Å². The lowest BCUT2D eigenvalue weighted by molar-refractivity contribution is -0.265. The van der Waals surface area contributed by atoms with Gasteiger partial charge in [0.15, 0.2) is 5.78 Å². The third-order valence-corrected chi connectivity index (χ3v) is 8.28. The first kappa shape index (κ1) is 23.0. The Morgan fingerprint density at radius 2 is 1.77 bits per heavy atom. The van der Waals surface area contributed by atoms with Gasteiger partial charge in [0, 0.05) is 37.0 Å². The molecule has 6 nitrogen and oxygen atoms in total. The van der Waals surface area contributed by atoms with Crippen molar-refractivity contribution in [2.24, 2.45) is 22.7 Å². The van der Waals surface area contributed by atoms with Gasteiger partial charge in [0.1, 0.15) is 11.7 Å². The van der Waals surface area contributed by atoms with Crippen LogP contribution in [0.3, 0.4) is 0 Å². The summed E-state index contributed by atoms with van der Waals surface area (Å²) in [6.45, 7) is 15.1. The van der Waals surface area contributed by atoms with Crippen LogP contribution in [0.1, 0.15) is 73.6 Å². The van der Waals surface area contributed by atoms with E-state index in [9.17, 15) is 14.4 Å². The zero-order valence-electron chi connectivity index (χ0n) is 19.2. The van der Waals surface area contributed by atoms with Crippen LogP contribution in [0.2, 0.25) is 0 Å². The second-order valence-electron chi connectivity index (χ2n) is 10.5. The van der Waals surface area contributed by atoms with Crippen molar-refractivity contribution < 1.29 is 28.6 Å². The topological polar surface area (TPSA) is 78.9 Å². The fourth-order valence-electron chi connectivity index (χ4n) is 6.75. The minimum Gasteiger partial charge on any atom is -0.465 e. The molecule has 168 valence electrons. The lowest BCUT2D eigenvalue weighted by Gasteiger charge is -2.66. The SMILES string of the molecule is C=C[C@]1(C)O[C@@]2(C)CC[C@@H]3C(C)(C)[C@H](OC(C)=O)CC[C@@]3(COC(C)=O)[C@@H]2CC1=O. The monoisotopic (exact) mass is 420 g/mol. The van der Waals surface area contributed by atoms with Crippen LogP contribution in [-0.2, 0) is 28.6 Å². The molecule has 0 N–H and O–H groups in total. The Hall–Kier alpha value is -1.69. The maximum absolute atomic E-state index is 13.1. The number of fused-ring (bicyclic) bond motifs is 3. The molecular formula is C24H36O6. The van der Waals surface area contributed by atoms with E-state index < -0.39 is 16.6 Å². The molecule has 3 rings (SSSR count). The molecule has 1 heterocycles. The molecule has 2 saturated carbocycles. The smallest absolute Gasteiger partial charge is 0.302 e. The lowest BCUT2D eigenvalue weighted by atomic mass is 9.43. The van der Waals surface area contributed by atoms with Crippen LogP contribution in [-0.4, -0.2) is 41.6 Å². The molecule has 0 spiro atoms. The highest BCUT2D eigenvalue weighted by molar-refractivity contribution is 5.90. The molecule has 0 aromatic carbocycles. The minimum atomic E-state index is -0.995. The van der Waals surface area contributed by atoms with Gasteiger partial charge in [0.2, 0.25) is 0 Å². The summed E-state index contributed by atoms with van der Waals surface area (Å²) in [6, 6.07) is 0. The molecule has 30 heavy (non-hydrogen) atoms. The summed E-state index contributed by atoms with van der Waals surface area (Å²) in [6.07, 6.45) is 4.79. The molecule has 0 unspecified atom stereocenters. The van der Waals surface area contributed by atoms with E-state index >= 15 is 0 Å². The van der Waals surface area contributed by atoms with Crippen molar-refractivity contribution in [3.8, 4) is 0 Å². The number of ketones is 1. The largest absolute Gasteiger partial charge is 0.465 e. The van der Waals surface area contributed by atoms with Crippen molar-refractivity contribution in [3.63, 3.8) is 0 Å². The summed E-state index contributed by atoms with van der Waals surface area (Å²) >= 11 is 0. The fourth-order valence-corrected chi connectivity index (χ4v) is 6.75. The first-order chi connectivity index (χ1) is 13.8. The molecular weight excluding hydrogens is 384 g/mol.